The van der Waals surface area contributed by atoms with Crippen LogP contribution in [0.25, 0.3) is 5.57 Å². The molecule has 0 saturated carbocycles. The zero-order valence-electron chi connectivity index (χ0n) is 24.1. The fraction of sp³-hybridized carbons (Fsp3) is 0.514. The predicted molar refractivity (Wildman–Crippen MR) is 164 cm³/mol. The van der Waals surface area contributed by atoms with Gasteiger partial charge in [-0.2, -0.15) is 0 Å². The predicted octanol–water partition coefficient (Wildman–Crippen LogP) is 8.21. The maximum Gasteiger partial charge on any atom is 0.120 e. The summed E-state index contributed by atoms with van der Waals surface area (Å²) in [6.45, 7) is 20.3. The van der Waals surface area contributed by atoms with Gasteiger partial charge in [-0.15, -0.1) is 6.58 Å². The van der Waals surface area contributed by atoms with E-state index in [0.717, 1.165) is 57.3 Å². The molecule has 1 fully saturated rings. The highest BCUT2D eigenvalue weighted by Crippen LogP contribution is 2.50. The standard InChI is InChI=1S/C35H50N2O/c1-6-8-9-14-30-16-18-32(19-17-30)28(3)13-10-11-23-36-24-21-31-20-22-35(5)29(4)37(27-33(35)26-31)34(7-2)15-12-25-38/h7,16-20,25-26,34,36H,2-4,6,8-15,21-24,27H2,1,5H3. The van der Waals surface area contributed by atoms with Crippen molar-refractivity contribution in [3.63, 3.8) is 0 Å². The van der Waals surface area contributed by atoms with Gasteiger partial charge in [-0.1, -0.05) is 81.0 Å². The zero-order chi connectivity index (χ0) is 27.4. The minimum absolute atomic E-state index is 0.00284. The first-order valence-electron chi connectivity index (χ1n) is 14.8. The summed E-state index contributed by atoms with van der Waals surface area (Å²) in [7, 11) is 0. The van der Waals surface area contributed by atoms with Gasteiger partial charge in [0.2, 0.25) is 0 Å². The van der Waals surface area contributed by atoms with Crippen LogP contribution < -0.4 is 5.32 Å². The van der Waals surface area contributed by atoms with Gasteiger partial charge in [0.25, 0.3) is 0 Å². The van der Waals surface area contributed by atoms with E-state index in [0.29, 0.717) is 6.42 Å². The van der Waals surface area contributed by atoms with Crippen LogP contribution in [0.4, 0.5) is 0 Å². The lowest BCUT2D eigenvalue weighted by molar-refractivity contribution is -0.108. The average Bonchev–Trinajstić information content (AvgIpc) is 3.19. The van der Waals surface area contributed by atoms with Crippen molar-refractivity contribution in [2.24, 2.45) is 5.41 Å². The molecule has 0 radical (unpaired) electrons. The molecule has 1 saturated heterocycles. The van der Waals surface area contributed by atoms with E-state index in [2.05, 4.69) is 80.2 Å². The molecule has 1 aliphatic carbocycles. The second-order valence-corrected chi connectivity index (χ2v) is 11.3. The van der Waals surface area contributed by atoms with Gasteiger partial charge in [0, 0.05) is 30.1 Å². The van der Waals surface area contributed by atoms with Crippen LogP contribution in [-0.4, -0.2) is 36.9 Å². The van der Waals surface area contributed by atoms with Gasteiger partial charge in [-0.25, -0.2) is 0 Å². The monoisotopic (exact) mass is 514 g/mol. The largest absolute Gasteiger partial charge is 0.364 e. The molecule has 206 valence electrons. The Labute approximate surface area is 232 Å². The van der Waals surface area contributed by atoms with Crippen LogP contribution in [0.1, 0.15) is 89.2 Å². The molecule has 0 spiro atoms. The Hall–Kier alpha value is -2.65. The Morgan fingerprint density at radius 1 is 1.13 bits per heavy atom. The number of hydrogen-bond donors (Lipinski definition) is 1. The molecule has 0 bridgehead atoms. The number of hydrogen-bond acceptors (Lipinski definition) is 3. The van der Waals surface area contributed by atoms with Crippen molar-refractivity contribution in [1.82, 2.24) is 10.2 Å². The number of fused-ring (bicyclic) bond motifs is 1. The highest BCUT2D eigenvalue weighted by molar-refractivity contribution is 5.63. The molecule has 1 aromatic carbocycles. The first-order valence-corrected chi connectivity index (χ1v) is 14.8. The number of unbranched alkanes of at least 4 members (excludes halogenated alkanes) is 3. The van der Waals surface area contributed by atoms with Crippen LogP contribution >= 0.6 is 0 Å². The molecule has 2 unspecified atom stereocenters. The molecular formula is C35H50N2O. The fourth-order valence-corrected chi connectivity index (χ4v) is 5.74. The molecule has 1 heterocycles. The number of aryl methyl sites for hydroxylation is 1. The van der Waals surface area contributed by atoms with Crippen LogP contribution in [0.3, 0.4) is 0 Å². The van der Waals surface area contributed by atoms with E-state index in [1.165, 1.54) is 66.4 Å². The fourth-order valence-electron chi connectivity index (χ4n) is 5.74. The molecule has 3 heteroatoms. The molecule has 1 aliphatic heterocycles. The summed E-state index contributed by atoms with van der Waals surface area (Å²) in [6, 6.07) is 9.23. The second kappa shape index (κ2) is 15.1. The SMILES string of the molecule is C=CC(CCC=O)N1CC2=CC(CCNCCCCC(=C)c3ccc(CCCCC)cc3)=CCC2(C)C1=C. The first-order chi connectivity index (χ1) is 18.4. The summed E-state index contributed by atoms with van der Waals surface area (Å²) in [5, 5.41) is 3.64. The van der Waals surface area contributed by atoms with Crippen LogP contribution in [0, 0.1) is 5.41 Å². The zero-order valence-corrected chi connectivity index (χ0v) is 24.1. The highest BCUT2D eigenvalue weighted by Gasteiger charge is 2.43. The normalized spacial score (nSPS) is 19.5. The lowest BCUT2D eigenvalue weighted by Crippen LogP contribution is -2.31. The van der Waals surface area contributed by atoms with E-state index >= 15 is 0 Å². The molecule has 0 amide bonds. The van der Waals surface area contributed by atoms with E-state index < -0.39 is 0 Å². The van der Waals surface area contributed by atoms with Crippen molar-refractivity contribution in [3.8, 4) is 0 Å². The number of benzene rings is 1. The summed E-state index contributed by atoms with van der Waals surface area (Å²) in [4.78, 5) is 13.2. The molecule has 0 aromatic heterocycles. The molecule has 3 rings (SSSR count). The second-order valence-electron chi connectivity index (χ2n) is 11.3. The van der Waals surface area contributed by atoms with Gasteiger partial charge in [-0.3, -0.25) is 0 Å². The lowest BCUT2D eigenvalue weighted by atomic mass is 9.75. The molecular weight excluding hydrogens is 464 g/mol. The van der Waals surface area contributed by atoms with Crippen LogP contribution in [0.5, 0.6) is 0 Å². The maximum absolute atomic E-state index is 10.9. The molecule has 38 heavy (non-hydrogen) atoms. The Morgan fingerprint density at radius 3 is 2.63 bits per heavy atom. The van der Waals surface area contributed by atoms with Gasteiger partial charge in [0.15, 0.2) is 0 Å². The summed E-state index contributed by atoms with van der Waals surface area (Å²) >= 11 is 0. The van der Waals surface area contributed by atoms with Gasteiger partial charge in [0.1, 0.15) is 6.29 Å². The summed E-state index contributed by atoms with van der Waals surface area (Å²) in [5.41, 5.74) is 8.02. The van der Waals surface area contributed by atoms with Gasteiger partial charge in [0.05, 0.1) is 0 Å². The highest BCUT2D eigenvalue weighted by atomic mass is 16.1. The number of allylic oxidation sites excluding steroid dienone is 4. The van der Waals surface area contributed by atoms with Crippen molar-refractivity contribution >= 4 is 11.9 Å². The number of carbonyl (C=O) groups is 1. The van der Waals surface area contributed by atoms with Gasteiger partial charge < -0.3 is 15.0 Å². The minimum atomic E-state index is -0.00284. The Bertz CT molecular complexity index is 1010. The number of aldehydes is 1. The lowest BCUT2D eigenvalue weighted by Gasteiger charge is -2.33. The van der Waals surface area contributed by atoms with E-state index in [1.807, 2.05) is 6.08 Å². The van der Waals surface area contributed by atoms with E-state index in [-0.39, 0.29) is 11.5 Å². The van der Waals surface area contributed by atoms with Crippen molar-refractivity contribution in [2.75, 3.05) is 19.6 Å². The van der Waals surface area contributed by atoms with Crippen LogP contribution in [0.15, 0.2) is 79.1 Å². The maximum atomic E-state index is 10.9. The molecule has 1 N–H and O–H groups in total. The topological polar surface area (TPSA) is 32.3 Å². The third-order valence-electron chi connectivity index (χ3n) is 8.52. The number of carbonyl (C=O) groups excluding carboxylic acids is 1. The molecule has 2 aliphatic rings. The summed E-state index contributed by atoms with van der Waals surface area (Å²) in [5.74, 6) is 0. The average molecular weight is 515 g/mol. The van der Waals surface area contributed by atoms with E-state index in [4.69, 9.17) is 0 Å². The quantitative estimate of drug-likeness (QED) is 0.122. The number of likely N-dealkylation sites (tertiary alicyclic amines) is 1. The van der Waals surface area contributed by atoms with Crippen LogP contribution in [0.2, 0.25) is 0 Å². The Balaban J connectivity index is 1.34. The smallest absolute Gasteiger partial charge is 0.120 e. The summed E-state index contributed by atoms with van der Waals surface area (Å²) in [6.07, 6.45) is 19.6. The molecule has 3 nitrogen and oxygen atoms in total. The van der Waals surface area contributed by atoms with E-state index in [9.17, 15) is 4.79 Å². The van der Waals surface area contributed by atoms with E-state index in [1.54, 1.807) is 0 Å². The van der Waals surface area contributed by atoms with Crippen LogP contribution in [-0.2, 0) is 11.2 Å². The van der Waals surface area contributed by atoms with Crippen molar-refractivity contribution in [2.45, 2.75) is 90.5 Å². The number of nitrogens with one attached hydrogen (secondary N) is 1. The van der Waals surface area contributed by atoms with Gasteiger partial charge in [-0.05, 0) is 93.7 Å². The third-order valence-corrected chi connectivity index (χ3v) is 8.52. The van der Waals surface area contributed by atoms with Crippen molar-refractivity contribution < 1.29 is 4.79 Å². The van der Waals surface area contributed by atoms with Gasteiger partial charge >= 0.3 is 0 Å². The Morgan fingerprint density at radius 2 is 1.92 bits per heavy atom. The van der Waals surface area contributed by atoms with Crippen molar-refractivity contribution in [3.05, 3.63) is 90.2 Å². The minimum Gasteiger partial charge on any atom is -0.364 e. The molecule has 2 atom stereocenters. The number of nitrogens with zero attached hydrogens (tertiary/aromatic N) is 1. The molecule has 1 aromatic rings. The number of rotatable bonds is 18. The van der Waals surface area contributed by atoms with Crippen molar-refractivity contribution in [1.29, 1.82) is 0 Å². The first kappa shape index (κ1) is 29.9. The summed E-state index contributed by atoms with van der Waals surface area (Å²) < 4.78 is 0. The third kappa shape index (κ3) is 7.93. The Kier molecular flexibility index (Phi) is 11.9.